The van der Waals surface area contributed by atoms with E-state index in [1.807, 2.05) is 24.3 Å². The van der Waals surface area contributed by atoms with E-state index < -0.39 is 5.97 Å². The number of anilines is 2. The molecule has 162 valence electrons. The van der Waals surface area contributed by atoms with Crippen molar-refractivity contribution in [1.82, 2.24) is 9.88 Å². The summed E-state index contributed by atoms with van der Waals surface area (Å²) < 4.78 is 10.1. The number of rotatable bonds is 6. The number of nitrogens with zero attached hydrogens (tertiary/aromatic N) is 2. The van der Waals surface area contributed by atoms with Gasteiger partial charge in [0.1, 0.15) is 11.4 Å². The standard InChI is InChI=1S/C23H26N4O4/c1-30-17-8-9-18-19(14-17)24-22(23(29)31-2)21(18)25-20(28)15-26-10-12-27(13-11-26)16-6-4-3-5-7-16/h3-9,14,24H,10-13,15H2,1-2H3,(H,25,28). The van der Waals surface area contributed by atoms with Crippen LogP contribution in [0.1, 0.15) is 10.5 Å². The molecule has 4 rings (SSSR count). The molecule has 1 aliphatic rings. The van der Waals surface area contributed by atoms with E-state index in [2.05, 4.69) is 32.2 Å². The van der Waals surface area contributed by atoms with Gasteiger partial charge in [-0.05, 0) is 24.3 Å². The first-order valence-corrected chi connectivity index (χ1v) is 10.2. The number of H-pyrrole nitrogens is 1. The van der Waals surface area contributed by atoms with Crippen molar-refractivity contribution < 1.29 is 19.1 Å². The van der Waals surface area contributed by atoms with E-state index in [0.717, 1.165) is 31.6 Å². The van der Waals surface area contributed by atoms with Crippen LogP contribution in [0.5, 0.6) is 5.75 Å². The van der Waals surface area contributed by atoms with Crippen LogP contribution in [0.4, 0.5) is 11.4 Å². The minimum Gasteiger partial charge on any atom is -0.497 e. The predicted octanol–water partition coefficient (Wildman–Crippen LogP) is 2.72. The molecule has 8 nitrogen and oxygen atoms in total. The molecule has 1 amide bonds. The average Bonchev–Trinajstić information content (AvgIpc) is 3.16. The Kier molecular flexibility index (Phi) is 6.08. The Balaban J connectivity index is 1.44. The highest BCUT2D eigenvalue weighted by Crippen LogP contribution is 2.31. The maximum Gasteiger partial charge on any atom is 0.356 e. The average molecular weight is 422 g/mol. The summed E-state index contributed by atoms with van der Waals surface area (Å²) in [5.74, 6) is -0.0590. The Labute approximate surface area is 180 Å². The van der Waals surface area contributed by atoms with Crippen LogP contribution in [0.25, 0.3) is 10.9 Å². The zero-order valence-corrected chi connectivity index (χ0v) is 17.7. The van der Waals surface area contributed by atoms with E-state index >= 15 is 0 Å². The number of benzene rings is 2. The second kappa shape index (κ2) is 9.09. The summed E-state index contributed by atoms with van der Waals surface area (Å²) in [7, 11) is 2.89. The van der Waals surface area contributed by atoms with Crippen molar-refractivity contribution in [2.45, 2.75) is 0 Å². The number of carbonyl (C=O) groups excluding carboxylic acids is 2. The number of aromatic nitrogens is 1. The normalized spacial score (nSPS) is 14.5. The van der Waals surface area contributed by atoms with E-state index in [4.69, 9.17) is 9.47 Å². The Morgan fingerprint density at radius 3 is 2.45 bits per heavy atom. The molecule has 1 fully saturated rings. The number of ether oxygens (including phenoxy) is 2. The molecule has 0 unspecified atom stereocenters. The van der Waals surface area contributed by atoms with Gasteiger partial charge in [-0.25, -0.2) is 4.79 Å². The third kappa shape index (κ3) is 4.49. The number of nitrogens with one attached hydrogen (secondary N) is 2. The number of hydrogen-bond donors (Lipinski definition) is 2. The monoisotopic (exact) mass is 422 g/mol. The van der Waals surface area contributed by atoms with Crippen LogP contribution < -0.4 is 15.0 Å². The minimum atomic E-state index is -0.540. The van der Waals surface area contributed by atoms with Crippen LogP contribution in [-0.4, -0.2) is 68.7 Å². The van der Waals surface area contributed by atoms with Crippen molar-refractivity contribution in [2.24, 2.45) is 0 Å². The van der Waals surface area contributed by atoms with Crippen molar-refractivity contribution in [3.63, 3.8) is 0 Å². The number of para-hydroxylation sites is 1. The minimum absolute atomic E-state index is 0.171. The van der Waals surface area contributed by atoms with Crippen LogP contribution in [0, 0.1) is 0 Å². The van der Waals surface area contributed by atoms with Crippen LogP contribution in [0.15, 0.2) is 48.5 Å². The molecular weight excluding hydrogens is 396 g/mol. The molecule has 8 heteroatoms. The lowest BCUT2D eigenvalue weighted by molar-refractivity contribution is -0.117. The smallest absolute Gasteiger partial charge is 0.356 e. The second-order valence-corrected chi connectivity index (χ2v) is 7.43. The quantitative estimate of drug-likeness (QED) is 0.594. The second-order valence-electron chi connectivity index (χ2n) is 7.43. The van der Waals surface area contributed by atoms with Gasteiger partial charge >= 0.3 is 5.97 Å². The van der Waals surface area contributed by atoms with Crippen LogP contribution in [0.2, 0.25) is 0 Å². The van der Waals surface area contributed by atoms with Gasteiger partial charge in [0, 0.05) is 43.3 Å². The number of carbonyl (C=O) groups is 2. The fourth-order valence-electron chi connectivity index (χ4n) is 3.87. The van der Waals surface area contributed by atoms with Gasteiger partial charge in [0.05, 0.1) is 32.0 Å². The third-order valence-electron chi connectivity index (χ3n) is 5.52. The molecule has 2 heterocycles. The molecule has 0 atom stereocenters. The van der Waals surface area contributed by atoms with Gasteiger partial charge in [0.2, 0.25) is 5.91 Å². The van der Waals surface area contributed by atoms with Crippen molar-refractivity contribution in [3.05, 3.63) is 54.2 Å². The molecular formula is C23H26N4O4. The molecule has 1 aliphatic heterocycles. The number of piperazine rings is 1. The Hall–Kier alpha value is -3.52. The Morgan fingerprint density at radius 1 is 1.03 bits per heavy atom. The summed E-state index contributed by atoms with van der Waals surface area (Å²) >= 11 is 0. The lowest BCUT2D eigenvalue weighted by Crippen LogP contribution is -2.48. The zero-order chi connectivity index (χ0) is 21.8. The summed E-state index contributed by atoms with van der Waals surface area (Å²) in [4.78, 5) is 32.5. The molecule has 0 spiro atoms. The topological polar surface area (TPSA) is 86.9 Å². The van der Waals surface area contributed by atoms with Crippen molar-refractivity contribution in [1.29, 1.82) is 0 Å². The zero-order valence-electron chi connectivity index (χ0n) is 17.7. The van der Waals surface area contributed by atoms with Crippen molar-refractivity contribution >= 4 is 34.2 Å². The number of aromatic amines is 1. The summed E-state index contributed by atoms with van der Waals surface area (Å²) in [6.45, 7) is 3.55. The first-order valence-electron chi connectivity index (χ1n) is 10.2. The summed E-state index contributed by atoms with van der Waals surface area (Å²) in [5.41, 5.74) is 2.53. The van der Waals surface area contributed by atoms with Gasteiger partial charge in [0.25, 0.3) is 0 Å². The lowest BCUT2D eigenvalue weighted by atomic mass is 10.2. The molecule has 0 radical (unpaired) electrons. The third-order valence-corrected chi connectivity index (χ3v) is 5.52. The van der Waals surface area contributed by atoms with Gasteiger partial charge in [-0.2, -0.15) is 0 Å². The molecule has 0 bridgehead atoms. The molecule has 2 N–H and O–H groups in total. The molecule has 31 heavy (non-hydrogen) atoms. The van der Waals surface area contributed by atoms with Gasteiger partial charge in [0.15, 0.2) is 0 Å². The molecule has 0 saturated carbocycles. The predicted molar refractivity (Wildman–Crippen MR) is 120 cm³/mol. The van der Waals surface area contributed by atoms with Crippen LogP contribution in [0.3, 0.4) is 0 Å². The first kappa shape index (κ1) is 20.7. The van der Waals surface area contributed by atoms with E-state index in [1.54, 1.807) is 19.2 Å². The molecule has 3 aromatic rings. The highest BCUT2D eigenvalue weighted by molar-refractivity contribution is 6.11. The van der Waals surface area contributed by atoms with Gasteiger partial charge in [-0.15, -0.1) is 0 Å². The lowest BCUT2D eigenvalue weighted by Gasteiger charge is -2.35. The molecule has 1 saturated heterocycles. The van der Waals surface area contributed by atoms with E-state index in [9.17, 15) is 9.59 Å². The van der Waals surface area contributed by atoms with E-state index in [-0.39, 0.29) is 18.1 Å². The largest absolute Gasteiger partial charge is 0.497 e. The summed E-state index contributed by atoms with van der Waals surface area (Å²) in [5, 5.41) is 3.63. The summed E-state index contributed by atoms with van der Waals surface area (Å²) in [6.07, 6.45) is 0. The highest BCUT2D eigenvalue weighted by atomic mass is 16.5. The maximum absolute atomic E-state index is 12.8. The number of esters is 1. The Bertz CT molecular complexity index is 1070. The Morgan fingerprint density at radius 2 is 1.77 bits per heavy atom. The fraction of sp³-hybridized carbons (Fsp3) is 0.304. The van der Waals surface area contributed by atoms with Gasteiger partial charge < -0.3 is 24.7 Å². The first-order chi connectivity index (χ1) is 15.1. The van der Waals surface area contributed by atoms with E-state index in [0.29, 0.717) is 17.0 Å². The molecule has 0 aliphatic carbocycles. The number of methoxy groups -OCH3 is 2. The van der Waals surface area contributed by atoms with Crippen molar-refractivity contribution in [3.8, 4) is 5.75 Å². The molecule has 2 aromatic carbocycles. The maximum atomic E-state index is 12.8. The number of hydrogen-bond acceptors (Lipinski definition) is 6. The number of fused-ring (bicyclic) bond motifs is 1. The van der Waals surface area contributed by atoms with Crippen molar-refractivity contribution in [2.75, 3.05) is 57.2 Å². The SMILES string of the molecule is COC(=O)c1[nH]c2cc(OC)ccc2c1NC(=O)CN1CCN(c2ccccc2)CC1. The summed E-state index contributed by atoms with van der Waals surface area (Å²) in [6, 6.07) is 15.6. The highest BCUT2D eigenvalue weighted by Gasteiger charge is 2.23. The van der Waals surface area contributed by atoms with E-state index in [1.165, 1.54) is 12.8 Å². The molecule has 1 aromatic heterocycles. The van der Waals surface area contributed by atoms with Gasteiger partial charge in [-0.1, -0.05) is 18.2 Å². The fourth-order valence-corrected chi connectivity index (χ4v) is 3.87. The van der Waals surface area contributed by atoms with Gasteiger partial charge in [-0.3, -0.25) is 9.69 Å². The van der Waals surface area contributed by atoms with Crippen LogP contribution in [-0.2, 0) is 9.53 Å². The number of amides is 1. The van der Waals surface area contributed by atoms with Crippen LogP contribution >= 0.6 is 0 Å².